The van der Waals surface area contributed by atoms with Crippen molar-refractivity contribution in [2.24, 2.45) is 0 Å². The number of carbonyl (C=O) groups is 1. The molecule has 2 aromatic heterocycles. The Bertz CT molecular complexity index is 1250. The van der Waals surface area contributed by atoms with Crippen LogP contribution < -0.4 is 0 Å². The Morgan fingerprint density at radius 1 is 1.09 bits per heavy atom. The zero-order valence-corrected chi connectivity index (χ0v) is 20.6. The van der Waals surface area contributed by atoms with Gasteiger partial charge in [-0.1, -0.05) is 44.0 Å². The van der Waals surface area contributed by atoms with Crippen molar-refractivity contribution in [1.82, 2.24) is 14.4 Å². The van der Waals surface area contributed by atoms with Crippen LogP contribution >= 0.6 is 0 Å². The molecular formula is C26H33N3O3S. The Morgan fingerprint density at radius 2 is 1.79 bits per heavy atom. The van der Waals surface area contributed by atoms with E-state index >= 15 is 0 Å². The Kier molecular flexibility index (Phi) is 6.98. The van der Waals surface area contributed by atoms with E-state index in [0.717, 1.165) is 65.2 Å². The fourth-order valence-electron chi connectivity index (χ4n) is 4.92. The fourth-order valence-corrected chi connectivity index (χ4v) is 6.80. The highest BCUT2D eigenvalue weighted by atomic mass is 32.2. The number of aromatic nitrogens is 3. The van der Waals surface area contributed by atoms with Crippen molar-refractivity contribution < 1.29 is 13.2 Å². The summed E-state index contributed by atoms with van der Waals surface area (Å²) in [5.41, 5.74) is 7.16. The van der Waals surface area contributed by atoms with Gasteiger partial charge in [0.25, 0.3) is 0 Å². The maximum atomic E-state index is 12.4. The second-order valence-electron chi connectivity index (χ2n) is 9.22. The molecule has 0 aliphatic heterocycles. The van der Waals surface area contributed by atoms with Crippen LogP contribution in [0.3, 0.4) is 0 Å². The number of imidazole rings is 1. The first kappa shape index (κ1) is 23.6. The Hall–Kier alpha value is -2.54. The zero-order valence-electron chi connectivity index (χ0n) is 19.8. The molecule has 7 heteroatoms. The minimum Gasteiger partial charge on any atom is -0.299 e. The van der Waals surface area contributed by atoms with E-state index in [-0.39, 0.29) is 16.8 Å². The van der Waals surface area contributed by atoms with Crippen molar-refractivity contribution in [1.29, 1.82) is 0 Å². The lowest BCUT2D eigenvalue weighted by atomic mass is 10.0. The lowest BCUT2D eigenvalue weighted by Crippen LogP contribution is -2.25. The molecule has 1 saturated carbocycles. The molecule has 6 nitrogen and oxygen atoms in total. The SMILES string of the molecule is CCc1nc2c(C)nc(C)cn2c1-c1ccc(CCCC(=O)CS(=O)(=O)C2CCCC2)cc1. The van der Waals surface area contributed by atoms with Gasteiger partial charge in [0, 0.05) is 18.2 Å². The summed E-state index contributed by atoms with van der Waals surface area (Å²) in [7, 11) is -3.28. The third kappa shape index (κ3) is 5.18. The van der Waals surface area contributed by atoms with Gasteiger partial charge >= 0.3 is 0 Å². The van der Waals surface area contributed by atoms with Gasteiger partial charge in [-0.2, -0.15) is 0 Å². The van der Waals surface area contributed by atoms with Gasteiger partial charge in [-0.3, -0.25) is 14.2 Å². The number of sulfone groups is 1. The van der Waals surface area contributed by atoms with E-state index in [9.17, 15) is 13.2 Å². The number of ketones is 1. The molecule has 1 aliphatic rings. The molecule has 0 spiro atoms. The van der Waals surface area contributed by atoms with E-state index in [1.807, 2.05) is 20.0 Å². The lowest BCUT2D eigenvalue weighted by molar-refractivity contribution is -0.116. The fraction of sp³-hybridized carbons (Fsp3) is 0.500. The molecule has 2 heterocycles. The van der Waals surface area contributed by atoms with E-state index < -0.39 is 9.84 Å². The summed E-state index contributed by atoms with van der Waals surface area (Å²) in [6, 6.07) is 8.40. The van der Waals surface area contributed by atoms with Crippen LogP contribution in [0, 0.1) is 13.8 Å². The van der Waals surface area contributed by atoms with Crippen LogP contribution in [-0.4, -0.2) is 39.6 Å². The summed E-state index contributed by atoms with van der Waals surface area (Å²) < 4.78 is 26.9. The number of aryl methyl sites for hydroxylation is 4. The molecular weight excluding hydrogens is 434 g/mol. The van der Waals surface area contributed by atoms with Crippen LogP contribution in [0.1, 0.15) is 68.1 Å². The van der Waals surface area contributed by atoms with Gasteiger partial charge in [0.1, 0.15) is 11.5 Å². The third-order valence-electron chi connectivity index (χ3n) is 6.62. The first-order valence-corrected chi connectivity index (χ1v) is 13.7. The van der Waals surface area contributed by atoms with Gasteiger partial charge < -0.3 is 0 Å². The number of benzene rings is 1. The predicted octanol–water partition coefficient (Wildman–Crippen LogP) is 4.82. The van der Waals surface area contributed by atoms with Crippen molar-refractivity contribution >= 4 is 21.3 Å². The van der Waals surface area contributed by atoms with Crippen molar-refractivity contribution in [2.45, 2.75) is 77.4 Å². The zero-order chi connectivity index (χ0) is 23.6. The van der Waals surface area contributed by atoms with Crippen molar-refractivity contribution in [2.75, 3.05) is 5.75 Å². The van der Waals surface area contributed by atoms with Gasteiger partial charge in [0.15, 0.2) is 15.5 Å². The number of rotatable bonds is 9. The highest BCUT2D eigenvalue weighted by molar-refractivity contribution is 7.92. The van der Waals surface area contributed by atoms with Crippen LogP contribution in [0.2, 0.25) is 0 Å². The highest BCUT2D eigenvalue weighted by Crippen LogP contribution is 2.28. The standard InChI is InChI=1S/C26H33N3O3S/c1-4-24-25(29-16-18(2)27-19(3)26(29)28-24)21-14-12-20(13-15-21)8-7-9-22(30)17-33(31,32)23-10-5-6-11-23/h12-16,23H,4-11,17H2,1-3H3. The van der Waals surface area contributed by atoms with E-state index in [2.05, 4.69) is 40.6 Å². The number of carbonyl (C=O) groups excluding carboxylic acids is 1. The van der Waals surface area contributed by atoms with Gasteiger partial charge in [-0.05, 0) is 51.5 Å². The largest absolute Gasteiger partial charge is 0.299 e. The first-order valence-electron chi connectivity index (χ1n) is 12.0. The van der Waals surface area contributed by atoms with Crippen molar-refractivity contribution in [3.63, 3.8) is 0 Å². The Morgan fingerprint density at radius 3 is 2.45 bits per heavy atom. The molecule has 33 heavy (non-hydrogen) atoms. The molecule has 1 aliphatic carbocycles. The smallest absolute Gasteiger partial charge is 0.160 e. The second-order valence-corrected chi connectivity index (χ2v) is 11.5. The van der Waals surface area contributed by atoms with Gasteiger partial charge in [-0.15, -0.1) is 0 Å². The lowest BCUT2D eigenvalue weighted by Gasteiger charge is -2.10. The molecule has 0 bridgehead atoms. The highest BCUT2D eigenvalue weighted by Gasteiger charge is 2.30. The predicted molar refractivity (Wildman–Crippen MR) is 131 cm³/mol. The molecule has 0 radical (unpaired) electrons. The van der Waals surface area contributed by atoms with Crippen molar-refractivity contribution in [3.8, 4) is 11.3 Å². The van der Waals surface area contributed by atoms with Crippen LogP contribution in [-0.2, 0) is 27.5 Å². The Balaban J connectivity index is 1.41. The van der Waals surface area contributed by atoms with Gasteiger partial charge in [0.05, 0.1) is 28.0 Å². The number of nitrogens with zero attached hydrogens (tertiary/aromatic N) is 3. The molecule has 1 fully saturated rings. The maximum absolute atomic E-state index is 12.4. The van der Waals surface area contributed by atoms with Crippen LogP contribution in [0.25, 0.3) is 16.9 Å². The molecule has 0 N–H and O–H groups in total. The second kappa shape index (κ2) is 9.75. The molecule has 1 aromatic carbocycles. The average Bonchev–Trinajstić information content (AvgIpc) is 3.43. The molecule has 0 unspecified atom stereocenters. The normalized spacial score (nSPS) is 14.9. The quantitative estimate of drug-likeness (QED) is 0.450. The molecule has 3 aromatic rings. The van der Waals surface area contributed by atoms with E-state index in [1.165, 1.54) is 0 Å². The van der Waals surface area contributed by atoms with E-state index in [0.29, 0.717) is 25.7 Å². The summed E-state index contributed by atoms with van der Waals surface area (Å²) >= 11 is 0. The monoisotopic (exact) mass is 467 g/mol. The number of hydrogen-bond acceptors (Lipinski definition) is 5. The topological polar surface area (TPSA) is 81.4 Å². The van der Waals surface area contributed by atoms with E-state index in [4.69, 9.17) is 4.98 Å². The van der Waals surface area contributed by atoms with Crippen LogP contribution in [0.15, 0.2) is 30.5 Å². The molecule has 4 rings (SSSR count). The molecule has 0 amide bonds. The van der Waals surface area contributed by atoms with Crippen molar-refractivity contribution in [3.05, 3.63) is 53.1 Å². The number of Topliss-reactive ketones (excluding diaryl/α,β-unsaturated/α-hetero) is 1. The summed E-state index contributed by atoms with van der Waals surface area (Å²) in [6.07, 6.45) is 7.94. The Labute approximate surface area is 196 Å². The number of hydrogen-bond donors (Lipinski definition) is 0. The van der Waals surface area contributed by atoms with Gasteiger partial charge in [-0.25, -0.2) is 13.4 Å². The molecule has 0 saturated heterocycles. The maximum Gasteiger partial charge on any atom is 0.160 e. The molecule has 0 atom stereocenters. The summed E-state index contributed by atoms with van der Waals surface area (Å²) in [5.74, 6) is -0.450. The van der Waals surface area contributed by atoms with Gasteiger partial charge in [0.2, 0.25) is 0 Å². The average molecular weight is 468 g/mol. The first-order chi connectivity index (χ1) is 15.8. The number of fused-ring (bicyclic) bond motifs is 1. The van der Waals surface area contributed by atoms with Crippen LogP contribution in [0.5, 0.6) is 0 Å². The van der Waals surface area contributed by atoms with Crippen LogP contribution in [0.4, 0.5) is 0 Å². The van der Waals surface area contributed by atoms with E-state index in [1.54, 1.807) is 0 Å². The summed E-state index contributed by atoms with van der Waals surface area (Å²) in [6.45, 7) is 6.09. The minimum absolute atomic E-state index is 0.156. The minimum atomic E-state index is -3.28. The summed E-state index contributed by atoms with van der Waals surface area (Å²) in [4.78, 5) is 21.6. The molecule has 176 valence electrons. The summed E-state index contributed by atoms with van der Waals surface area (Å²) in [5, 5.41) is -0.301. The third-order valence-corrected chi connectivity index (χ3v) is 8.83.